The molecule has 168 valence electrons. The van der Waals surface area contributed by atoms with Crippen molar-refractivity contribution in [1.29, 1.82) is 5.41 Å². The number of amidine groups is 1. The average molecular weight is 441 g/mol. The summed E-state index contributed by atoms with van der Waals surface area (Å²) in [5.74, 6) is -1.60. The molecule has 0 bridgehead atoms. The molecule has 4 N–H and O–H groups in total. The van der Waals surface area contributed by atoms with E-state index in [1.54, 1.807) is 0 Å². The zero-order chi connectivity index (χ0) is 23.8. The van der Waals surface area contributed by atoms with Gasteiger partial charge in [-0.05, 0) is 30.7 Å². The van der Waals surface area contributed by atoms with Crippen LogP contribution < -0.4 is 16.0 Å². The normalized spacial score (nSPS) is 10.2. The second-order valence-corrected chi connectivity index (χ2v) is 6.75. The Labute approximate surface area is 183 Å². The molecule has 0 unspecified atom stereocenters. The largest absolute Gasteiger partial charge is 0.469 e. The third-order valence-electron chi connectivity index (χ3n) is 4.61. The fraction of sp³-hybridized carbons (Fsp3) is 0.238. The van der Waals surface area contributed by atoms with E-state index in [0.717, 1.165) is 11.0 Å². The van der Waals surface area contributed by atoms with Crippen LogP contribution in [0.1, 0.15) is 39.1 Å². The van der Waals surface area contributed by atoms with Gasteiger partial charge < -0.3 is 20.7 Å². The fourth-order valence-electron chi connectivity index (χ4n) is 2.83. The monoisotopic (exact) mass is 441 g/mol. The first-order valence-electron chi connectivity index (χ1n) is 9.51. The number of nitro benzene ring substituents is 1. The molecule has 32 heavy (non-hydrogen) atoms. The molecule has 0 aromatic heterocycles. The van der Waals surface area contributed by atoms with E-state index in [1.807, 2.05) is 0 Å². The van der Waals surface area contributed by atoms with Crippen molar-refractivity contribution in [2.45, 2.75) is 12.8 Å². The summed E-state index contributed by atoms with van der Waals surface area (Å²) in [6, 6.07) is 9.74. The smallest absolute Gasteiger partial charge is 0.305 e. The van der Waals surface area contributed by atoms with Crippen LogP contribution in [0.25, 0.3) is 0 Å². The number of esters is 1. The molecule has 0 saturated carbocycles. The van der Waals surface area contributed by atoms with Gasteiger partial charge in [0.2, 0.25) is 0 Å². The highest BCUT2D eigenvalue weighted by atomic mass is 16.6. The van der Waals surface area contributed by atoms with Crippen molar-refractivity contribution in [2.75, 3.05) is 25.6 Å². The summed E-state index contributed by atoms with van der Waals surface area (Å²) in [5, 5.41) is 21.6. The molecule has 0 saturated heterocycles. The summed E-state index contributed by atoms with van der Waals surface area (Å²) in [6.45, 7) is 0.193. The molecule has 2 aromatic carbocycles. The van der Waals surface area contributed by atoms with E-state index in [1.165, 1.54) is 50.6 Å². The van der Waals surface area contributed by atoms with E-state index in [0.29, 0.717) is 12.0 Å². The molecular weight excluding hydrogens is 418 g/mol. The van der Waals surface area contributed by atoms with Gasteiger partial charge in [-0.2, -0.15) is 0 Å². The van der Waals surface area contributed by atoms with E-state index in [4.69, 9.17) is 11.1 Å². The van der Waals surface area contributed by atoms with Crippen LogP contribution in [-0.4, -0.2) is 49.2 Å². The Kier molecular flexibility index (Phi) is 7.99. The summed E-state index contributed by atoms with van der Waals surface area (Å²) in [7, 11) is 2.65. The van der Waals surface area contributed by atoms with E-state index in [-0.39, 0.29) is 35.6 Å². The van der Waals surface area contributed by atoms with Crippen LogP contribution in [0, 0.1) is 15.5 Å². The number of hydrogen-bond donors (Lipinski definition) is 3. The van der Waals surface area contributed by atoms with Crippen LogP contribution in [0.4, 0.5) is 11.4 Å². The number of carbonyl (C=O) groups excluding carboxylic acids is 3. The number of rotatable bonds is 9. The van der Waals surface area contributed by atoms with E-state index in [2.05, 4.69) is 10.1 Å². The first-order chi connectivity index (χ1) is 15.1. The number of nitrogen functional groups attached to an aromatic ring is 1. The molecule has 0 radical (unpaired) electrons. The van der Waals surface area contributed by atoms with Gasteiger partial charge in [-0.3, -0.25) is 29.9 Å². The Morgan fingerprint density at radius 3 is 2.28 bits per heavy atom. The summed E-state index contributed by atoms with van der Waals surface area (Å²) in [4.78, 5) is 48.2. The number of nitrogens with two attached hydrogens (primary N) is 1. The minimum absolute atomic E-state index is 0.0119. The molecule has 2 rings (SSSR count). The third-order valence-corrected chi connectivity index (χ3v) is 4.61. The molecule has 0 fully saturated rings. The lowest BCUT2D eigenvalue weighted by Gasteiger charge is -2.18. The van der Waals surface area contributed by atoms with Gasteiger partial charge in [0.25, 0.3) is 17.5 Å². The zero-order valence-electron chi connectivity index (χ0n) is 17.6. The first-order valence-corrected chi connectivity index (χ1v) is 9.51. The predicted molar refractivity (Wildman–Crippen MR) is 117 cm³/mol. The quantitative estimate of drug-likeness (QED) is 0.133. The Balaban J connectivity index is 2.18. The molecular formula is C21H23N5O6. The van der Waals surface area contributed by atoms with Crippen LogP contribution >= 0.6 is 0 Å². The molecule has 0 aliphatic rings. The van der Waals surface area contributed by atoms with Crippen LogP contribution in [0.5, 0.6) is 0 Å². The van der Waals surface area contributed by atoms with Gasteiger partial charge in [0.05, 0.1) is 12.0 Å². The van der Waals surface area contributed by atoms with Crippen molar-refractivity contribution in [3.63, 3.8) is 0 Å². The highest BCUT2D eigenvalue weighted by molar-refractivity contribution is 6.08. The van der Waals surface area contributed by atoms with Gasteiger partial charge in [-0.25, -0.2) is 0 Å². The highest BCUT2D eigenvalue weighted by Crippen LogP contribution is 2.29. The molecule has 2 aromatic rings. The maximum absolute atomic E-state index is 12.8. The maximum atomic E-state index is 12.8. The van der Waals surface area contributed by atoms with Crippen LogP contribution in [0.2, 0.25) is 0 Å². The topological polar surface area (TPSA) is 169 Å². The summed E-state index contributed by atoms with van der Waals surface area (Å²) in [5.41, 5.74) is 5.74. The standard InChI is InChI=1S/C21H23N5O6/c1-25(21(29)14-7-5-13(6-8-14)19(22)23)16-10-9-15(12-17(16)26(30)31)20(28)24-11-3-4-18(27)32-2/h5-10,12H,3-4,11H2,1-2H3,(H3,22,23)(H,24,28). The molecule has 11 heteroatoms. The number of nitro groups is 1. The average Bonchev–Trinajstić information content (AvgIpc) is 2.80. The van der Waals surface area contributed by atoms with Crippen molar-refractivity contribution >= 4 is 35.0 Å². The van der Waals surface area contributed by atoms with Gasteiger partial charge in [-0.15, -0.1) is 0 Å². The molecule has 2 amide bonds. The minimum Gasteiger partial charge on any atom is -0.469 e. The minimum atomic E-state index is -0.675. The Hall–Kier alpha value is -4.28. The van der Waals surface area contributed by atoms with E-state index in [9.17, 15) is 24.5 Å². The number of amides is 2. The molecule has 0 aliphatic heterocycles. The second-order valence-electron chi connectivity index (χ2n) is 6.75. The Morgan fingerprint density at radius 2 is 1.72 bits per heavy atom. The SMILES string of the molecule is COC(=O)CCCNC(=O)c1ccc(N(C)C(=O)c2ccc(C(=N)N)cc2)c([N+](=O)[O-])c1. The van der Waals surface area contributed by atoms with Gasteiger partial charge in [0.1, 0.15) is 11.5 Å². The fourth-order valence-corrected chi connectivity index (χ4v) is 2.83. The number of ether oxygens (including phenoxy) is 1. The first kappa shape index (κ1) is 24.0. The van der Waals surface area contributed by atoms with E-state index >= 15 is 0 Å². The van der Waals surface area contributed by atoms with Gasteiger partial charge >= 0.3 is 5.97 Å². The third kappa shape index (κ3) is 5.88. The number of carbonyl (C=O) groups is 3. The second kappa shape index (κ2) is 10.7. The van der Waals surface area contributed by atoms with Gasteiger partial charge in [-0.1, -0.05) is 12.1 Å². The number of methoxy groups -OCH3 is 1. The van der Waals surface area contributed by atoms with Crippen molar-refractivity contribution in [3.05, 3.63) is 69.3 Å². The molecule has 0 heterocycles. The molecule has 0 aliphatic carbocycles. The molecule has 0 spiro atoms. The lowest BCUT2D eigenvalue weighted by atomic mass is 10.1. The summed E-state index contributed by atoms with van der Waals surface area (Å²) < 4.78 is 4.51. The highest BCUT2D eigenvalue weighted by Gasteiger charge is 2.24. The van der Waals surface area contributed by atoms with Crippen molar-refractivity contribution in [1.82, 2.24) is 5.32 Å². The predicted octanol–water partition coefficient (Wildman–Crippen LogP) is 1.84. The maximum Gasteiger partial charge on any atom is 0.305 e. The van der Waals surface area contributed by atoms with Crippen LogP contribution in [0.15, 0.2) is 42.5 Å². The molecule has 11 nitrogen and oxygen atoms in total. The Morgan fingerprint density at radius 1 is 1.12 bits per heavy atom. The summed E-state index contributed by atoms with van der Waals surface area (Å²) in [6.07, 6.45) is 0.494. The van der Waals surface area contributed by atoms with Crippen LogP contribution in [-0.2, 0) is 9.53 Å². The van der Waals surface area contributed by atoms with E-state index < -0.39 is 28.4 Å². The lowest BCUT2D eigenvalue weighted by molar-refractivity contribution is -0.384. The number of nitrogens with one attached hydrogen (secondary N) is 2. The van der Waals surface area contributed by atoms with Gasteiger partial charge in [0.15, 0.2) is 0 Å². The Bertz CT molecular complexity index is 1050. The zero-order valence-corrected chi connectivity index (χ0v) is 17.6. The van der Waals surface area contributed by atoms with Crippen molar-refractivity contribution in [2.24, 2.45) is 5.73 Å². The van der Waals surface area contributed by atoms with Crippen LogP contribution in [0.3, 0.4) is 0 Å². The van der Waals surface area contributed by atoms with Crippen molar-refractivity contribution in [3.8, 4) is 0 Å². The number of nitrogens with zero attached hydrogens (tertiary/aromatic N) is 2. The number of benzene rings is 2. The van der Waals surface area contributed by atoms with Crippen molar-refractivity contribution < 1.29 is 24.0 Å². The number of hydrogen-bond acceptors (Lipinski definition) is 7. The number of anilines is 1. The lowest BCUT2D eigenvalue weighted by Crippen LogP contribution is -2.28. The van der Waals surface area contributed by atoms with Gasteiger partial charge in [0, 0.05) is 42.8 Å². The summed E-state index contributed by atoms with van der Waals surface area (Å²) >= 11 is 0. The molecule has 0 atom stereocenters.